The van der Waals surface area contributed by atoms with E-state index < -0.39 is 0 Å². The quantitative estimate of drug-likeness (QED) is 0.795. The van der Waals surface area contributed by atoms with Crippen molar-refractivity contribution in [3.8, 4) is 0 Å². The maximum Gasteiger partial charge on any atom is 0.207 e. The van der Waals surface area contributed by atoms with Crippen molar-refractivity contribution in [2.24, 2.45) is 0 Å². The van der Waals surface area contributed by atoms with Crippen LogP contribution in [-0.2, 0) is 19.4 Å². The number of imidazole rings is 1. The van der Waals surface area contributed by atoms with Crippen molar-refractivity contribution in [3.63, 3.8) is 0 Å². The first-order chi connectivity index (χ1) is 9.69. The molecule has 0 radical (unpaired) electrons. The number of hydrogen-bond donors (Lipinski definition) is 1. The van der Waals surface area contributed by atoms with Gasteiger partial charge in [0.1, 0.15) is 0 Å². The maximum atomic E-state index is 4.58. The molecule has 0 fully saturated rings. The molecule has 0 spiro atoms. The summed E-state index contributed by atoms with van der Waals surface area (Å²) in [4.78, 5) is 4.58. The molecule has 3 nitrogen and oxygen atoms in total. The van der Waals surface area contributed by atoms with Gasteiger partial charge in [0.25, 0.3) is 0 Å². The maximum absolute atomic E-state index is 4.58. The van der Waals surface area contributed by atoms with E-state index >= 15 is 0 Å². The number of para-hydroxylation sites is 1. The Bertz CT molecular complexity index is 574. The number of allylic oxidation sites excluding steroid dienone is 1. The molecule has 20 heavy (non-hydrogen) atoms. The van der Waals surface area contributed by atoms with Gasteiger partial charge in [-0.1, -0.05) is 38.1 Å². The van der Waals surface area contributed by atoms with Crippen LogP contribution in [0, 0.1) is 6.92 Å². The molecule has 0 aliphatic heterocycles. The van der Waals surface area contributed by atoms with Crippen LogP contribution in [0.2, 0.25) is 0 Å². The molecule has 2 aromatic rings. The van der Waals surface area contributed by atoms with Crippen molar-refractivity contribution in [3.05, 3.63) is 53.9 Å². The molecule has 0 unspecified atom stereocenters. The SMILES string of the molecule is C=CCn1cc(C)nc1Nc1c(CC)cccc1CC. The molecule has 0 aliphatic rings. The predicted molar refractivity (Wildman–Crippen MR) is 85.6 cm³/mol. The highest BCUT2D eigenvalue weighted by atomic mass is 15.2. The first kappa shape index (κ1) is 14.4. The van der Waals surface area contributed by atoms with Gasteiger partial charge in [-0.25, -0.2) is 4.98 Å². The van der Waals surface area contributed by atoms with Crippen molar-refractivity contribution in [1.82, 2.24) is 9.55 Å². The second-order valence-electron chi connectivity index (χ2n) is 4.93. The highest BCUT2D eigenvalue weighted by Crippen LogP contribution is 2.26. The van der Waals surface area contributed by atoms with Crippen LogP contribution in [0.15, 0.2) is 37.1 Å². The molecule has 1 aromatic carbocycles. The van der Waals surface area contributed by atoms with Gasteiger partial charge in [0.15, 0.2) is 0 Å². The fraction of sp³-hybridized carbons (Fsp3) is 0.353. The van der Waals surface area contributed by atoms with Crippen LogP contribution in [0.3, 0.4) is 0 Å². The molecular formula is C17H23N3. The zero-order valence-corrected chi connectivity index (χ0v) is 12.6. The molecule has 0 saturated heterocycles. The second-order valence-corrected chi connectivity index (χ2v) is 4.93. The fourth-order valence-electron chi connectivity index (χ4n) is 2.44. The molecule has 0 saturated carbocycles. The molecule has 2 rings (SSSR count). The van der Waals surface area contributed by atoms with Gasteiger partial charge in [-0.2, -0.15) is 0 Å². The number of benzene rings is 1. The molecule has 1 heterocycles. The molecule has 0 bridgehead atoms. The summed E-state index contributed by atoms with van der Waals surface area (Å²) < 4.78 is 2.09. The van der Waals surface area contributed by atoms with Crippen LogP contribution in [0.25, 0.3) is 0 Å². The van der Waals surface area contributed by atoms with E-state index in [0.717, 1.165) is 31.0 Å². The summed E-state index contributed by atoms with van der Waals surface area (Å²) in [6, 6.07) is 6.48. The number of anilines is 2. The van der Waals surface area contributed by atoms with Gasteiger partial charge in [0.2, 0.25) is 5.95 Å². The van der Waals surface area contributed by atoms with Crippen LogP contribution in [0.1, 0.15) is 30.7 Å². The lowest BCUT2D eigenvalue weighted by Crippen LogP contribution is -2.06. The molecule has 1 N–H and O–H groups in total. The van der Waals surface area contributed by atoms with Gasteiger partial charge in [-0.05, 0) is 30.9 Å². The minimum atomic E-state index is 0.763. The average Bonchev–Trinajstić information content (AvgIpc) is 2.79. The van der Waals surface area contributed by atoms with E-state index in [1.54, 1.807) is 0 Å². The van der Waals surface area contributed by atoms with Crippen LogP contribution < -0.4 is 5.32 Å². The van der Waals surface area contributed by atoms with Crippen molar-refractivity contribution in [1.29, 1.82) is 0 Å². The number of rotatable bonds is 6. The van der Waals surface area contributed by atoms with Crippen molar-refractivity contribution >= 4 is 11.6 Å². The summed E-state index contributed by atoms with van der Waals surface area (Å²) >= 11 is 0. The summed E-state index contributed by atoms with van der Waals surface area (Å²) in [6.45, 7) is 10.9. The van der Waals surface area contributed by atoms with E-state index in [1.165, 1.54) is 16.8 Å². The first-order valence-electron chi connectivity index (χ1n) is 7.22. The van der Waals surface area contributed by atoms with E-state index in [4.69, 9.17) is 0 Å². The number of aromatic nitrogens is 2. The largest absolute Gasteiger partial charge is 0.325 e. The van der Waals surface area contributed by atoms with Crippen molar-refractivity contribution < 1.29 is 0 Å². The number of nitrogens with one attached hydrogen (secondary N) is 1. The van der Waals surface area contributed by atoms with Crippen molar-refractivity contribution in [2.45, 2.75) is 40.2 Å². The Hall–Kier alpha value is -2.03. The number of aryl methyl sites for hydroxylation is 3. The summed E-state index contributed by atoms with van der Waals surface area (Å²) in [7, 11) is 0. The minimum absolute atomic E-state index is 0.763. The fourth-order valence-corrected chi connectivity index (χ4v) is 2.44. The third kappa shape index (κ3) is 2.93. The van der Waals surface area contributed by atoms with Gasteiger partial charge >= 0.3 is 0 Å². The van der Waals surface area contributed by atoms with E-state index in [1.807, 2.05) is 19.2 Å². The third-order valence-corrected chi connectivity index (χ3v) is 3.46. The van der Waals surface area contributed by atoms with E-state index in [9.17, 15) is 0 Å². The average molecular weight is 269 g/mol. The van der Waals surface area contributed by atoms with Crippen molar-refractivity contribution in [2.75, 3.05) is 5.32 Å². The van der Waals surface area contributed by atoms with Gasteiger partial charge in [0.05, 0.1) is 5.69 Å². The topological polar surface area (TPSA) is 29.9 Å². The highest BCUT2D eigenvalue weighted by Gasteiger charge is 2.10. The Morgan fingerprint density at radius 2 is 1.90 bits per heavy atom. The lowest BCUT2D eigenvalue weighted by Gasteiger charge is -2.15. The van der Waals surface area contributed by atoms with E-state index in [2.05, 4.69) is 53.5 Å². The molecule has 0 amide bonds. The lowest BCUT2D eigenvalue weighted by atomic mass is 10.0. The van der Waals surface area contributed by atoms with Gasteiger partial charge in [-0.3, -0.25) is 0 Å². The Kier molecular flexibility index (Phi) is 4.61. The van der Waals surface area contributed by atoms with Crippen LogP contribution in [0.4, 0.5) is 11.6 Å². The monoisotopic (exact) mass is 269 g/mol. The molecular weight excluding hydrogens is 246 g/mol. The zero-order valence-electron chi connectivity index (χ0n) is 12.6. The standard InChI is InChI=1S/C17H23N3/c1-5-11-20-12-13(4)18-17(20)19-16-14(6-2)9-8-10-15(16)7-3/h5,8-10,12H,1,6-7,11H2,2-4H3,(H,18,19). The Labute approximate surface area is 121 Å². The van der Waals surface area contributed by atoms with Gasteiger partial charge in [0, 0.05) is 18.4 Å². The van der Waals surface area contributed by atoms with Gasteiger partial charge in [-0.15, -0.1) is 6.58 Å². The lowest BCUT2D eigenvalue weighted by molar-refractivity contribution is 0.831. The first-order valence-corrected chi connectivity index (χ1v) is 7.22. The third-order valence-electron chi connectivity index (χ3n) is 3.46. The minimum Gasteiger partial charge on any atom is -0.325 e. The number of hydrogen-bond acceptors (Lipinski definition) is 2. The molecule has 3 heteroatoms. The number of nitrogens with zero attached hydrogens (tertiary/aromatic N) is 2. The van der Waals surface area contributed by atoms with Crippen LogP contribution in [-0.4, -0.2) is 9.55 Å². The Balaban J connectivity index is 2.41. The Morgan fingerprint density at radius 1 is 1.25 bits per heavy atom. The molecule has 106 valence electrons. The van der Waals surface area contributed by atoms with Crippen LogP contribution in [0.5, 0.6) is 0 Å². The molecule has 0 atom stereocenters. The zero-order chi connectivity index (χ0) is 14.5. The molecule has 1 aromatic heterocycles. The summed E-state index contributed by atoms with van der Waals surface area (Å²) in [5, 5.41) is 3.52. The predicted octanol–water partition coefficient (Wildman–Crippen LogP) is 4.25. The van der Waals surface area contributed by atoms with Gasteiger partial charge < -0.3 is 9.88 Å². The highest BCUT2D eigenvalue weighted by molar-refractivity contribution is 5.64. The molecule has 0 aliphatic carbocycles. The van der Waals surface area contributed by atoms with E-state index in [0.29, 0.717) is 0 Å². The summed E-state index contributed by atoms with van der Waals surface area (Å²) in [5.41, 5.74) is 4.88. The van der Waals surface area contributed by atoms with Crippen LogP contribution >= 0.6 is 0 Å². The summed E-state index contributed by atoms with van der Waals surface area (Å²) in [5.74, 6) is 0.887. The smallest absolute Gasteiger partial charge is 0.207 e. The summed E-state index contributed by atoms with van der Waals surface area (Å²) in [6.07, 6.45) is 5.96. The second kappa shape index (κ2) is 6.42. The Morgan fingerprint density at radius 3 is 2.45 bits per heavy atom. The normalized spacial score (nSPS) is 10.6. The van der Waals surface area contributed by atoms with E-state index in [-0.39, 0.29) is 0 Å².